The van der Waals surface area contributed by atoms with Gasteiger partial charge in [-0.05, 0) is 38.2 Å². The average molecular weight is 382 g/mol. The Labute approximate surface area is 154 Å². The number of carbonyl (C=O) groups excluding carboxylic acids is 1. The Kier molecular flexibility index (Phi) is 5.67. The molecule has 2 aromatic rings. The highest BCUT2D eigenvalue weighted by molar-refractivity contribution is 5.67. The van der Waals surface area contributed by atoms with Crippen molar-refractivity contribution in [3.8, 4) is 0 Å². The number of carbonyl (C=O) groups is 1. The molecule has 0 saturated heterocycles. The molecule has 1 aromatic heterocycles. The van der Waals surface area contributed by atoms with Crippen LogP contribution in [-0.2, 0) is 17.5 Å². The highest BCUT2D eigenvalue weighted by Gasteiger charge is 2.40. The van der Waals surface area contributed by atoms with Crippen molar-refractivity contribution in [3.63, 3.8) is 0 Å². The molecule has 1 aromatic carbocycles. The van der Waals surface area contributed by atoms with Gasteiger partial charge in [0.15, 0.2) is 0 Å². The first kappa shape index (κ1) is 19.2. The molecule has 6 nitrogen and oxygen atoms in total. The van der Waals surface area contributed by atoms with Crippen LogP contribution in [0.1, 0.15) is 48.9 Å². The number of aryl methyl sites for hydroxylation is 1. The second kappa shape index (κ2) is 7.98. The van der Waals surface area contributed by atoms with Gasteiger partial charge < -0.3 is 14.6 Å². The van der Waals surface area contributed by atoms with E-state index in [4.69, 9.17) is 4.74 Å². The summed E-state index contributed by atoms with van der Waals surface area (Å²) in [5.41, 5.74) is 0.865. The molecule has 1 amide bonds. The lowest BCUT2D eigenvalue weighted by Gasteiger charge is -2.31. The molecule has 1 fully saturated rings. The van der Waals surface area contributed by atoms with Crippen LogP contribution in [0.25, 0.3) is 0 Å². The molecule has 27 heavy (non-hydrogen) atoms. The molecule has 0 spiro atoms. The van der Waals surface area contributed by atoms with Crippen molar-refractivity contribution in [2.24, 2.45) is 0 Å². The number of aromatic nitrogens is 3. The second-order valence-electron chi connectivity index (χ2n) is 6.66. The topological polar surface area (TPSA) is 69.0 Å². The number of hydrogen-bond donors (Lipinski definition) is 1. The molecule has 1 N–H and O–H groups in total. The van der Waals surface area contributed by atoms with Gasteiger partial charge in [0.05, 0.1) is 0 Å². The van der Waals surface area contributed by atoms with Gasteiger partial charge in [0.25, 0.3) is 0 Å². The minimum atomic E-state index is -4.56. The summed E-state index contributed by atoms with van der Waals surface area (Å²) in [6.07, 6.45) is -2.78. The van der Waals surface area contributed by atoms with Gasteiger partial charge in [-0.15, -0.1) is 10.2 Å². The van der Waals surface area contributed by atoms with Crippen molar-refractivity contribution in [2.45, 2.75) is 57.5 Å². The number of nitrogens with one attached hydrogen (secondary N) is 1. The highest BCUT2D eigenvalue weighted by Crippen LogP contribution is 2.35. The molecular weight excluding hydrogens is 361 g/mol. The summed E-state index contributed by atoms with van der Waals surface area (Å²) in [7, 11) is 0. The largest absolute Gasteiger partial charge is 0.451 e. The highest BCUT2D eigenvalue weighted by atomic mass is 19.4. The molecule has 9 heteroatoms. The Morgan fingerprint density at radius 1 is 1.26 bits per heavy atom. The molecule has 0 aliphatic heterocycles. The summed E-state index contributed by atoms with van der Waals surface area (Å²) in [5, 5.41) is 9.64. The molecule has 1 saturated carbocycles. The average Bonchev–Trinajstić information content (AvgIpc) is 3.03. The van der Waals surface area contributed by atoms with E-state index in [1.54, 1.807) is 0 Å². The Bertz CT molecular complexity index is 777. The lowest BCUT2D eigenvalue weighted by molar-refractivity contribution is -0.148. The predicted molar refractivity (Wildman–Crippen MR) is 90.8 cm³/mol. The van der Waals surface area contributed by atoms with Crippen LogP contribution in [0.5, 0.6) is 0 Å². The van der Waals surface area contributed by atoms with Crippen LogP contribution in [0.15, 0.2) is 30.3 Å². The normalized spacial score (nSPS) is 20.3. The fourth-order valence-corrected chi connectivity index (χ4v) is 3.46. The molecule has 0 unspecified atom stereocenters. The van der Waals surface area contributed by atoms with Crippen LogP contribution in [0.4, 0.5) is 18.0 Å². The fourth-order valence-electron chi connectivity index (χ4n) is 3.46. The third-order valence-corrected chi connectivity index (χ3v) is 4.67. The zero-order valence-electron chi connectivity index (χ0n) is 14.9. The maximum absolute atomic E-state index is 13.2. The van der Waals surface area contributed by atoms with E-state index in [1.807, 2.05) is 30.3 Å². The van der Waals surface area contributed by atoms with Crippen LogP contribution < -0.4 is 5.32 Å². The molecule has 146 valence electrons. The van der Waals surface area contributed by atoms with Crippen LogP contribution >= 0.6 is 0 Å². The number of amides is 1. The maximum atomic E-state index is 13.2. The van der Waals surface area contributed by atoms with Crippen LogP contribution in [-0.4, -0.2) is 26.9 Å². The molecular formula is C18H21F3N4O2. The quantitative estimate of drug-likeness (QED) is 0.867. The van der Waals surface area contributed by atoms with E-state index in [2.05, 4.69) is 15.5 Å². The van der Waals surface area contributed by atoms with Crippen molar-refractivity contribution in [1.29, 1.82) is 0 Å². The summed E-state index contributed by atoms with van der Waals surface area (Å²) in [6.45, 7) is 1.65. The van der Waals surface area contributed by atoms with E-state index >= 15 is 0 Å². The number of halogens is 3. The van der Waals surface area contributed by atoms with E-state index in [1.165, 1.54) is 6.92 Å². The van der Waals surface area contributed by atoms with E-state index in [-0.39, 0.29) is 18.5 Å². The van der Waals surface area contributed by atoms with Crippen molar-refractivity contribution < 1.29 is 22.7 Å². The molecule has 1 heterocycles. The number of rotatable bonds is 4. The first-order valence-corrected chi connectivity index (χ1v) is 8.80. The van der Waals surface area contributed by atoms with Gasteiger partial charge in [-0.2, -0.15) is 13.2 Å². The van der Waals surface area contributed by atoms with E-state index in [0.29, 0.717) is 25.7 Å². The van der Waals surface area contributed by atoms with Gasteiger partial charge in [0.1, 0.15) is 12.4 Å². The van der Waals surface area contributed by atoms with Gasteiger partial charge in [0, 0.05) is 12.1 Å². The SMILES string of the molecule is Cc1nnc(C(F)(F)F)n1[C@@H]1CCC[C@H](NC(=O)OCc2ccccc2)C1. The summed E-state index contributed by atoms with van der Waals surface area (Å²) < 4.78 is 45.9. The van der Waals surface area contributed by atoms with Crippen molar-refractivity contribution >= 4 is 6.09 Å². The molecule has 1 aliphatic carbocycles. The monoisotopic (exact) mass is 382 g/mol. The summed E-state index contributed by atoms with van der Waals surface area (Å²) >= 11 is 0. The lowest BCUT2D eigenvalue weighted by Crippen LogP contribution is -2.39. The Balaban J connectivity index is 1.60. The first-order chi connectivity index (χ1) is 12.8. The van der Waals surface area contributed by atoms with E-state index < -0.39 is 24.1 Å². The van der Waals surface area contributed by atoms with Crippen LogP contribution in [0.3, 0.4) is 0 Å². The molecule has 0 radical (unpaired) electrons. The van der Waals surface area contributed by atoms with Crippen molar-refractivity contribution in [3.05, 3.63) is 47.5 Å². The summed E-state index contributed by atoms with van der Waals surface area (Å²) in [4.78, 5) is 12.0. The standard InChI is InChI=1S/C18H21F3N4O2/c1-12-23-24-16(18(19,20)21)25(12)15-9-5-8-14(10-15)22-17(26)27-11-13-6-3-2-4-7-13/h2-4,6-7,14-15H,5,8-11H2,1H3,(H,22,26)/t14-,15+/m0/s1. The summed E-state index contributed by atoms with van der Waals surface area (Å²) in [5.74, 6) is -0.767. The predicted octanol–water partition coefficient (Wildman–Crippen LogP) is 4.02. The zero-order chi connectivity index (χ0) is 19.4. The number of benzene rings is 1. The number of alkyl halides is 3. The smallest absolute Gasteiger partial charge is 0.445 e. The zero-order valence-corrected chi connectivity index (χ0v) is 14.9. The van der Waals surface area contributed by atoms with Crippen molar-refractivity contribution in [2.75, 3.05) is 0 Å². The molecule has 3 rings (SSSR count). The molecule has 1 aliphatic rings. The third kappa shape index (κ3) is 4.78. The number of hydrogen-bond acceptors (Lipinski definition) is 4. The second-order valence-corrected chi connectivity index (χ2v) is 6.66. The van der Waals surface area contributed by atoms with Gasteiger partial charge in [-0.3, -0.25) is 0 Å². The van der Waals surface area contributed by atoms with Gasteiger partial charge in [-0.25, -0.2) is 4.79 Å². The summed E-state index contributed by atoms with van der Waals surface area (Å²) in [6, 6.07) is 8.59. The van der Waals surface area contributed by atoms with Crippen LogP contribution in [0, 0.1) is 6.92 Å². The Morgan fingerprint density at radius 2 is 2.00 bits per heavy atom. The van der Waals surface area contributed by atoms with Crippen molar-refractivity contribution in [1.82, 2.24) is 20.1 Å². The minimum Gasteiger partial charge on any atom is -0.445 e. The van der Waals surface area contributed by atoms with Crippen LogP contribution in [0.2, 0.25) is 0 Å². The molecule has 2 atom stereocenters. The number of alkyl carbamates (subject to hydrolysis) is 1. The maximum Gasteiger partial charge on any atom is 0.451 e. The van der Waals surface area contributed by atoms with E-state index in [9.17, 15) is 18.0 Å². The lowest BCUT2D eigenvalue weighted by atomic mass is 9.90. The van der Waals surface area contributed by atoms with Gasteiger partial charge in [-0.1, -0.05) is 30.3 Å². The van der Waals surface area contributed by atoms with E-state index in [0.717, 1.165) is 10.1 Å². The Morgan fingerprint density at radius 3 is 2.70 bits per heavy atom. The number of nitrogens with zero attached hydrogens (tertiary/aromatic N) is 3. The fraction of sp³-hybridized carbons (Fsp3) is 0.500. The molecule has 0 bridgehead atoms. The Hall–Kier alpha value is -2.58. The van der Waals surface area contributed by atoms with Gasteiger partial charge >= 0.3 is 12.3 Å². The van der Waals surface area contributed by atoms with Gasteiger partial charge in [0.2, 0.25) is 5.82 Å². The first-order valence-electron chi connectivity index (χ1n) is 8.80. The third-order valence-electron chi connectivity index (χ3n) is 4.67. The number of ether oxygens (including phenoxy) is 1. The minimum absolute atomic E-state index is 0.144.